The molecule has 2 rings (SSSR count). The highest BCUT2D eigenvalue weighted by Crippen LogP contribution is 2.22. The lowest BCUT2D eigenvalue weighted by molar-refractivity contribution is 0.366. The number of thioether (sulfide) groups is 1. The van der Waals surface area contributed by atoms with E-state index in [1.807, 2.05) is 6.07 Å². The van der Waals surface area contributed by atoms with Gasteiger partial charge in [0.05, 0.1) is 18.8 Å². The van der Waals surface area contributed by atoms with Crippen LogP contribution >= 0.6 is 11.8 Å². The molecule has 0 saturated heterocycles. The molecule has 0 fully saturated rings. The first-order chi connectivity index (χ1) is 9.28. The van der Waals surface area contributed by atoms with Gasteiger partial charge < -0.3 is 4.52 Å². The summed E-state index contributed by atoms with van der Waals surface area (Å²) in [5.41, 5.74) is 1.25. The van der Waals surface area contributed by atoms with Gasteiger partial charge in [-0.15, -0.1) is 18.2 Å². The molecule has 0 unspecified atom stereocenters. The van der Waals surface area contributed by atoms with Crippen molar-refractivity contribution < 1.29 is 4.52 Å². The average molecular weight is 273 g/mol. The minimum atomic E-state index is 0.496. The summed E-state index contributed by atoms with van der Waals surface area (Å²) >= 11 is 1.69. The number of hydrogen-bond donors (Lipinski definition) is 1. The maximum Gasteiger partial charge on any atom is 0.240 e. The van der Waals surface area contributed by atoms with E-state index in [0.717, 1.165) is 0 Å². The van der Waals surface area contributed by atoms with Gasteiger partial charge in [0.25, 0.3) is 0 Å². The van der Waals surface area contributed by atoms with E-state index >= 15 is 0 Å². The molecule has 1 aromatic carbocycles. The Balaban J connectivity index is 1.85. The third-order valence-electron chi connectivity index (χ3n) is 2.37. The molecule has 4 nitrogen and oxygen atoms in total. The number of nitrogens with zero attached hydrogens (tertiary/aromatic N) is 2. The second-order valence-corrected chi connectivity index (χ2v) is 5.07. The van der Waals surface area contributed by atoms with Crippen LogP contribution in [0.5, 0.6) is 0 Å². The zero-order chi connectivity index (χ0) is 13.5. The Labute approximate surface area is 117 Å². The fraction of sp³-hybridized carbons (Fsp3) is 0.286. The van der Waals surface area contributed by atoms with Crippen LogP contribution in [0.3, 0.4) is 0 Å². The molecule has 5 heteroatoms. The molecule has 19 heavy (non-hydrogen) atoms. The lowest BCUT2D eigenvalue weighted by atomic mass is 10.2. The van der Waals surface area contributed by atoms with Gasteiger partial charge in [0.1, 0.15) is 0 Å². The van der Waals surface area contributed by atoms with Crippen LogP contribution in [0.1, 0.15) is 17.3 Å². The van der Waals surface area contributed by atoms with Crippen molar-refractivity contribution in [3.63, 3.8) is 0 Å². The van der Waals surface area contributed by atoms with Crippen molar-refractivity contribution in [2.75, 3.05) is 6.54 Å². The summed E-state index contributed by atoms with van der Waals surface area (Å²) in [6.45, 7) is 3.08. The van der Waals surface area contributed by atoms with Crippen LogP contribution in [0.25, 0.3) is 0 Å². The summed E-state index contributed by atoms with van der Waals surface area (Å²) in [6, 6.07) is 8.34. The van der Waals surface area contributed by atoms with Gasteiger partial charge in [-0.05, 0) is 19.1 Å². The fourth-order valence-electron chi connectivity index (χ4n) is 1.52. The zero-order valence-electron chi connectivity index (χ0n) is 10.7. The molecular weight excluding hydrogens is 258 g/mol. The maximum absolute atomic E-state index is 5.14. The highest BCUT2D eigenvalue weighted by Gasteiger charge is 2.06. The van der Waals surface area contributed by atoms with E-state index in [0.29, 0.717) is 30.6 Å². The Kier molecular flexibility index (Phi) is 5.01. The van der Waals surface area contributed by atoms with Crippen LogP contribution in [0.15, 0.2) is 33.7 Å². The predicted octanol–water partition coefficient (Wildman–Crippen LogP) is 2.39. The molecule has 0 spiro atoms. The molecule has 1 aromatic heterocycles. The summed E-state index contributed by atoms with van der Waals surface area (Å²) in [5.74, 6) is 4.45. The Morgan fingerprint density at radius 1 is 1.47 bits per heavy atom. The zero-order valence-corrected chi connectivity index (χ0v) is 11.5. The van der Waals surface area contributed by atoms with Gasteiger partial charge in [0, 0.05) is 4.90 Å². The van der Waals surface area contributed by atoms with Crippen molar-refractivity contribution in [2.45, 2.75) is 24.1 Å². The number of terminal acetylenes is 1. The van der Waals surface area contributed by atoms with Crippen LogP contribution in [0.2, 0.25) is 0 Å². The lowest BCUT2D eigenvalue weighted by Crippen LogP contribution is -2.13. The Bertz CT molecular complexity index is 574. The minimum absolute atomic E-state index is 0.496. The van der Waals surface area contributed by atoms with Gasteiger partial charge in [0.15, 0.2) is 5.82 Å². The van der Waals surface area contributed by atoms with Crippen LogP contribution in [-0.4, -0.2) is 16.7 Å². The quantitative estimate of drug-likeness (QED) is 0.497. The van der Waals surface area contributed by atoms with Crippen molar-refractivity contribution in [2.24, 2.45) is 0 Å². The number of nitrogens with one attached hydrogen (secondary N) is 1. The van der Waals surface area contributed by atoms with E-state index in [-0.39, 0.29) is 0 Å². The molecule has 0 radical (unpaired) electrons. The van der Waals surface area contributed by atoms with Crippen molar-refractivity contribution in [1.82, 2.24) is 15.5 Å². The van der Waals surface area contributed by atoms with Gasteiger partial charge in [0.2, 0.25) is 5.89 Å². The van der Waals surface area contributed by atoms with Gasteiger partial charge in [-0.2, -0.15) is 4.98 Å². The second kappa shape index (κ2) is 6.98. The Morgan fingerprint density at radius 3 is 3.16 bits per heavy atom. The van der Waals surface area contributed by atoms with Crippen molar-refractivity contribution in [1.29, 1.82) is 0 Å². The Morgan fingerprint density at radius 2 is 2.37 bits per heavy atom. The van der Waals surface area contributed by atoms with Crippen molar-refractivity contribution >= 4 is 11.8 Å². The largest absolute Gasteiger partial charge is 0.338 e. The smallest absolute Gasteiger partial charge is 0.240 e. The summed E-state index contributed by atoms with van der Waals surface area (Å²) in [5, 5.41) is 6.94. The predicted molar refractivity (Wildman–Crippen MR) is 75.6 cm³/mol. The maximum atomic E-state index is 5.14. The first-order valence-electron chi connectivity index (χ1n) is 5.93. The average Bonchev–Trinajstić information content (AvgIpc) is 2.85. The van der Waals surface area contributed by atoms with Gasteiger partial charge in [-0.25, -0.2) is 0 Å². The summed E-state index contributed by atoms with van der Waals surface area (Å²) in [4.78, 5) is 5.50. The molecule has 0 amide bonds. The standard InChI is InChI=1S/C14H15N3OS/c1-3-7-15-9-14-16-13(17-18-14)10-19-12-6-4-5-11(2)8-12/h1,4-6,8,15H,7,9-10H2,2H3. The normalized spacial score (nSPS) is 10.3. The van der Waals surface area contributed by atoms with Crippen molar-refractivity contribution in [3.05, 3.63) is 41.5 Å². The monoisotopic (exact) mass is 273 g/mol. The molecule has 1 heterocycles. The molecule has 0 aliphatic rings. The molecule has 0 saturated carbocycles. The molecule has 0 atom stereocenters. The summed E-state index contributed by atoms with van der Waals surface area (Å²) < 4.78 is 5.12. The molecule has 0 bridgehead atoms. The molecule has 98 valence electrons. The first kappa shape index (κ1) is 13.7. The molecular formula is C14H15N3OS. The molecule has 0 aliphatic carbocycles. The number of aromatic nitrogens is 2. The molecule has 1 N–H and O–H groups in total. The number of aryl methyl sites for hydroxylation is 1. The summed E-state index contributed by atoms with van der Waals surface area (Å²) in [6.07, 6.45) is 5.14. The van der Waals surface area contributed by atoms with Crippen LogP contribution in [-0.2, 0) is 12.3 Å². The van der Waals surface area contributed by atoms with E-state index in [1.54, 1.807) is 11.8 Å². The number of rotatable bonds is 6. The third-order valence-corrected chi connectivity index (χ3v) is 3.36. The second-order valence-electron chi connectivity index (χ2n) is 4.02. The van der Waals surface area contributed by atoms with Gasteiger partial charge >= 0.3 is 0 Å². The van der Waals surface area contributed by atoms with E-state index in [1.165, 1.54) is 10.5 Å². The number of hydrogen-bond acceptors (Lipinski definition) is 5. The minimum Gasteiger partial charge on any atom is -0.338 e. The van der Waals surface area contributed by atoms with E-state index in [9.17, 15) is 0 Å². The highest BCUT2D eigenvalue weighted by atomic mass is 32.2. The van der Waals surface area contributed by atoms with E-state index in [4.69, 9.17) is 10.9 Å². The molecule has 0 aliphatic heterocycles. The molecule has 2 aromatic rings. The third kappa shape index (κ3) is 4.43. The first-order valence-corrected chi connectivity index (χ1v) is 6.91. The van der Waals surface area contributed by atoms with E-state index in [2.05, 4.69) is 46.5 Å². The topological polar surface area (TPSA) is 51.0 Å². The van der Waals surface area contributed by atoms with Crippen LogP contribution in [0.4, 0.5) is 0 Å². The lowest BCUT2D eigenvalue weighted by Gasteiger charge is -1.99. The highest BCUT2D eigenvalue weighted by molar-refractivity contribution is 7.98. The van der Waals surface area contributed by atoms with E-state index < -0.39 is 0 Å². The summed E-state index contributed by atoms with van der Waals surface area (Å²) in [7, 11) is 0. The Hall–Kier alpha value is -1.77. The van der Waals surface area contributed by atoms with Gasteiger partial charge in [-0.3, -0.25) is 5.32 Å². The van der Waals surface area contributed by atoms with Crippen LogP contribution < -0.4 is 5.32 Å². The van der Waals surface area contributed by atoms with Crippen LogP contribution in [0, 0.1) is 19.3 Å². The SMILES string of the molecule is C#CCNCc1nc(CSc2cccc(C)c2)no1. The van der Waals surface area contributed by atoms with Crippen molar-refractivity contribution in [3.8, 4) is 12.3 Å². The van der Waals surface area contributed by atoms with Gasteiger partial charge in [-0.1, -0.05) is 28.8 Å². The fourth-order valence-corrected chi connectivity index (χ4v) is 2.37. The number of benzene rings is 1.